The van der Waals surface area contributed by atoms with Crippen molar-refractivity contribution in [2.45, 2.75) is 64.4 Å². The number of amides is 2. The van der Waals surface area contributed by atoms with E-state index >= 15 is 0 Å². The van der Waals surface area contributed by atoms with Crippen molar-refractivity contribution in [1.29, 1.82) is 0 Å². The number of carbonyl (C=O) groups is 2. The maximum Gasteiger partial charge on any atom is 0.243 e. The number of likely N-dealkylation sites (N-methyl/N-ethyl adjacent to an activating group) is 1. The van der Waals surface area contributed by atoms with Crippen LogP contribution in [-0.4, -0.2) is 55.6 Å². The van der Waals surface area contributed by atoms with Crippen molar-refractivity contribution in [3.63, 3.8) is 0 Å². The predicted molar refractivity (Wildman–Crippen MR) is 135 cm³/mol. The molecule has 2 rings (SSSR count). The fourth-order valence-corrected chi connectivity index (χ4v) is 4.69. The summed E-state index contributed by atoms with van der Waals surface area (Å²) in [5.74, 6) is -0.642. The first kappa shape index (κ1) is 27.5. The van der Waals surface area contributed by atoms with E-state index in [9.17, 15) is 18.0 Å². The van der Waals surface area contributed by atoms with Gasteiger partial charge in [-0.05, 0) is 44.4 Å². The quantitative estimate of drug-likeness (QED) is 0.463. The Kier molecular flexibility index (Phi) is 10.3. The minimum atomic E-state index is -3.85. The molecule has 2 aromatic carbocycles. The number of unbranched alkanes of at least 4 members (excludes halogenated alkanes) is 1. The molecule has 0 saturated carbocycles. The molecule has 186 valence electrons. The zero-order valence-electron chi connectivity index (χ0n) is 20.9. The van der Waals surface area contributed by atoms with Crippen LogP contribution in [0.1, 0.15) is 49.8 Å². The molecule has 0 fully saturated rings. The maximum absolute atomic E-state index is 13.4. The normalized spacial score (nSPS) is 12.4. The molecule has 1 atom stereocenters. The summed E-state index contributed by atoms with van der Waals surface area (Å²) in [4.78, 5) is 28.0. The average molecular weight is 488 g/mol. The number of hydrogen-bond donors (Lipinski definition) is 1. The van der Waals surface area contributed by atoms with Crippen molar-refractivity contribution in [3.8, 4) is 0 Å². The van der Waals surface area contributed by atoms with Gasteiger partial charge in [0.15, 0.2) is 0 Å². The Balaban J connectivity index is 2.28. The Morgan fingerprint density at radius 1 is 0.941 bits per heavy atom. The van der Waals surface area contributed by atoms with Gasteiger partial charge >= 0.3 is 0 Å². The molecular weight excluding hydrogens is 450 g/mol. The Bertz CT molecular complexity index is 1050. The molecule has 0 aliphatic heterocycles. The number of nitrogens with zero attached hydrogens (tertiary/aromatic N) is 2. The van der Waals surface area contributed by atoms with Crippen LogP contribution in [0, 0.1) is 13.8 Å². The molecule has 0 aliphatic carbocycles. The average Bonchev–Trinajstić information content (AvgIpc) is 2.80. The van der Waals surface area contributed by atoms with Crippen LogP contribution < -0.4 is 5.32 Å². The third-order valence-corrected chi connectivity index (χ3v) is 7.59. The van der Waals surface area contributed by atoms with Crippen LogP contribution in [0.15, 0.2) is 53.4 Å². The monoisotopic (exact) mass is 487 g/mol. The fourth-order valence-electron chi connectivity index (χ4n) is 3.57. The highest BCUT2D eigenvalue weighted by Crippen LogP contribution is 2.18. The Morgan fingerprint density at radius 3 is 2.03 bits per heavy atom. The Hall–Kier alpha value is -2.71. The Labute approximate surface area is 204 Å². The van der Waals surface area contributed by atoms with Gasteiger partial charge in [-0.25, -0.2) is 8.42 Å². The smallest absolute Gasteiger partial charge is 0.243 e. The van der Waals surface area contributed by atoms with Gasteiger partial charge in [-0.15, -0.1) is 0 Å². The Morgan fingerprint density at radius 2 is 1.50 bits per heavy atom. The van der Waals surface area contributed by atoms with Crippen LogP contribution in [0.4, 0.5) is 0 Å². The molecule has 0 saturated heterocycles. The number of aryl methyl sites for hydroxylation is 2. The third-order valence-electron chi connectivity index (χ3n) is 5.78. The number of nitrogens with one attached hydrogen (secondary N) is 1. The summed E-state index contributed by atoms with van der Waals surface area (Å²) in [5.41, 5.74) is 2.92. The summed E-state index contributed by atoms with van der Waals surface area (Å²) in [7, 11) is -2.46. The SMILES string of the molecule is CCCCNC(=O)[C@H](CC)N(Cc1ccc(C)cc1)C(=O)CN(C)S(=O)(=O)c1ccc(C)cc1. The highest BCUT2D eigenvalue weighted by Gasteiger charge is 2.31. The molecule has 7 nitrogen and oxygen atoms in total. The van der Waals surface area contributed by atoms with Crippen molar-refractivity contribution in [2.75, 3.05) is 20.1 Å². The van der Waals surface area contributed by atoms with Crippen molar-refractivity contribution >= 4 is 21.8 Å². The van der Waals surface area contributed by atoms with E-state index in [1.165, 1.54) is 24.1 Å². The lowest BCUT2D eigenvalue weighted by molar-refractivity contribution is -0.141. The molecule has 2 aromatic rings. The van der Waals surface area contributed by atoms with Crippen LogP contribution >= 0.6 is 0 Å². The van der Waals surface area contributed by atoms with E-state index in [1.807, 2.05) is 52.0 Å². The number of rotatable bonds is 12. The van der Waals surface area contributed by atoms with Gasteiger partial charge in [0.1, 0.15) is 6.04 Å². The van der Waals surface area contributed by atoms with Crippen LogP contribution in [0.3, 0.4) is 0 Å². The minimum Gasteiger partial charge on any atom is -0.354 e. The van der Waals surface area contributed by atoms with E-state index in [4.69, 9.17) is 0 Å². The zero-order valence-corrected chi connectivity index (χ0v) is 21.7. The van der Waals surface area contributed by atoms with Crippen molar-refractivity contribution in [3.05, 3.63) is 65.2 Å². The molecule has 1 N–H and O–H groups in total. The highest BCUT2D eigenvalue weighted by molar-refractivity contribution is 7.89. The molecule has 0 radical (unpaired) electrons. The third kappa shape index (κ3) is 7.40. The van der Waals surface area contributed by atoms with Gasteiger partial charge < -0.3 is 10.2 Å². The van der Waals surface area contributed by atoms with E-state index in [1.54, 1.807) is 12.1 Å². The maximum atomic E-state index is 13.4. The highest BCUT2D eigenvalue weighted by atomic mass is 32.2. The number of hydrogen-bond acceptors (Lipinski definition) is 4. The lowest BCUT2D eigenvalue weighted by Crippen LogP contribution is -2.51. The van der Waals surface area contributed by atoms with E-state index in [0.717, 1.165) is 33.8 Å². The first-order valence-corrected chi connectivity index (χ1v) is 13.2. The second-order valence-electron chi connectivity index (χ2n) is 8.65. The van der Waals surface area contributed by atoms with E-state index in [2.05, 4.69) is 5.32 Å². The van der Waals surface area contributed by atoms with Crippen LogP contribution in [0.2, 0.25) is 0 Å². The van der Waals surface area contributed by atoms with Gasteiger partial charge in [0.2, 0.25) is 21.8 Å². The molecule has 0 aromatic heterocycles. The van der Waals surface area contributed by atoms with Gasteiger partial charge in [0.25, 0.3) is 0 Å². The standard InChI is InChI=1S/C26H37N3O4S/c1-6-8-17-27-26(31)24(7-2)29(18-22-13-9-20(3)10-14-22)25(30)19-28(5)34(32,33)23-15-11-21(4)12-16-23/h9-16,24H,6-8,17-19H2,1-5H3,(H,27,31)/t24-/m0/s1. The predicted octanol–water partition coefficient (Wildman–Crippen LogP) is 3.65. The van der Waals surface area contributed by atoms with Gasteiger partial charge in [-0.2, -0.15) is 4.31 Å². The van der Waals surface area contributed by atoms with Crippen molar-refractivity contribution < 1.29 is 18.0 Å². The van der Waals surface area contributed by atoms with Gasteiger partial charge in [0, 0.05) is 20.1 Å². The first-order chi connectivity index (χ1) is 16.1. The van der Waals surface area contributed by atoms with E-state index in [0.29, 0.717) is 13.0 Å². The van der Waals surface area contributed by atoms with Crippen molar-refractivity contribution in [1.82, 2.24) is 14.5 Å². The number of benzene rings is 2. The van der Waals surface area contributed by atoms with Crippen LogP contribution in [-0.2, 0) is 26.2 Å². The van der Waals surface area contributed by atoms with Gasteiger partial charge in [0.05, 0.1) is 11.4 Å². The zero-order chi connectivity index (χ0) is 25.3. The second-order valence-corrected chi connectivity index (χ2v) is 10.7. The van der Waals surface area contributed by atoms with E-state index in [-0.39, 0.29) is 23.9 Å². The van der Waals surface area contributed by atoms with E-state index < -0.39 is 22.0 Å². The second kappa shape index (κ2) is 12.7. The molecule has 0 aliphatic rings. The van der Waals surface area contributed by atoms with Crippen LogP contribution in [0.5, 0.6) is 0 Å². The van der Waals surface area contributed by atoms with Gasteiger partial charge in [-0.3, -0.25) is 9.59 Å². The molecule has 0 spiro atoms. The summed E-state index contributed by atoms with van der Waals surface area (Å²) in [6, 6.07) is 13.6. The summed E-state index contributed by atoms with van der Waals surface area (Å²) < 4.78 is 27.1. The summed E-state index contributed by atoms with van der Waals surface area (Å²) in [6.45, 7) is 8.15. The lowest BCUT2D eigenvalue weighted by Gasteiger charge is -2.32. The molecule has 8 heteroatoms. The largest absolute Gasteiger partial charge is 0.354 e. The first-order valence-electron chi connectivity index (χ1n) is 11.8. The molecular formula is C26H37N3O4S. The number of carbonyl (C=O) groups excluding carboxylic acids is 2. The summed E-state index contributed by atoms with van der Waals surface area (Å²) in [6.07, 6.45) is 2.22. The van der Waals surface area contributed by atoms with Crippen LogP contribution in [0.25, 0.3) is 0 Å². The fraction of sp³-hybridized carbons (Fsp3) is 0.462. The summed E-state index contributed by atoms with van der Waals surface area (Å²) in [5, 5.41) is 2.91. The van der Waals surface area contributed by atoms with Gasteiger partial charge in [-0.1, -0.05) is 67.8 Å². The molecule has 2 amide bonds. The molecule has 0 heterocycles. The topological polar surface area (TPSA) is 86.8 Å². The molecule has 34 heavy (non-hydrogen) atoms. The lowest BCUT2D eigenvalue weighted by atomic mass is 10.1. The summed E-state index contributed by atoms with van der Waals surface area (Å²) >= 11 is 0. The molecule has 0 bridgehead atoms. The van der Waals surface area contributed by atoms with Crippen molar-refractivity contribution in [2.24, 2.45) is 0 Å². The molecule has 0 unspecified atom stereocenters. The minimum absolute atomic E-state index is 0.128. The number of sulfonamides is 1.